The molecule has 0 radical (unpaired) electrons. The molecule has 0 fully saturated rings. The molecule has 0 unspecified atom stereocenters. The number of benzene rings is 3. The van der Waals surface area contributed by atoms with Gasteiger partial charge in [-0.15, -0.1) is 0 Å². The van der Waals surface area contributed by atoms with Crippen molar-refractivity contribution in [1.82, 2.24) is 15.3 Å². The number of carbonyl (C=O) groups excluding carboxylic acids is 1. The molecule has 2 N–H and O–H groups in total. The average molecular weight is 452 g/mol. The van der Waals surface area contributed by atoms with Crippen molar-refractivity contribution in [1.29, 1.82) is 0 Å². The van der Waals surface area contributed by atoms with Gasteiger partial charge in [0.1, 0.15) is 11.6 Å². The Balaban J connectivity index is 1.42. The molecule has 0 atom stereocenters. The molecule has 0 aliphatic rings. The number of halogens is 4. The lowest BCUT2D eigenvalue weighted by atomic mass is 10.1. The number of rotatable bonds is 6. The second kappa shape index (κ2) is 9.47. The van der Waals surface area contributed by atoms with Crippen LogP contribution in [0.5, 0.6) is 0 Å². The van der Waals surface area contributed by atoms with Crippen LogP contribution in [0.25, 0.3) is 11.1 Å². The molecule has 166 valence electrons. The number of aromatic nitrogens is 2. The summed E-state index contributed by atoms with van der Waals surface area (Å²) in [5.41, 5.74) is 1.86. The fraction of sp³-hybridized carbons (Fsp3) is 0.0417. The Hall–Kier alpha value is -4.27. The Kier molecular flexibility index (Phi) is 6.30. The van der Waals surface area contributed by atoms with Crippen molar-refractivity contribution < 1.29 is 22.4 Å². The van der Waals surface area contributed by atoms with Gasteiger partial charge in [0.15, 0.2) is 11.6 Å². The van der Waals surface area contributed by atoms with Gasteiger partial charge in [-0.3, -0.25) is 4.79 Å². The van der Waals surface area contributed by atoms with Gasteiger partial charge in [-0.2, -0.15) is 0 Å². The van der Waals surface area contributed by atoms with Crippen molar-refractivity contribution >= 4 is 17.5 Å². The molecule has 0 aliphatic carbocycles. The molecule has 4 aromatic rings. The molecule has 9 heteroatoms. The SMILES string of the molecule is O=C(NCc1cc(F)c(F)cc1F)c1cccc(Nc2ncc(-c3cccc(F)c3)cn2)c1. The van der Waals surface area contributed by atoms with Gasteiger partial charge in [0.2, 0.25) is 5.95 Å². The number of hydrogen-bond acceptors (Lipinski definition) is 4. The topological polar surface area (TPSA) is 66.9 Å². The van der Waals surface area contributed by atoms with Gasteiger partial charge in [0.25, 0.3) is 5.91 Å². The first-order valence-electron chi connectivity index (χ1n) is 9.76. The summed E-state index contributed by atoms with van der Waals surface area (Å²) in [5.74, 6) is -4.09. The summed E-state index contributed by atoms with van der Waals surface area (Å²) in [7, 11) is 0. The smallest absolute Gasteiger partial charge is 0.251 e. The molecule has 1 heterocycles. The lowest BCUT2D eigenvalue weighted by molar-refractivity contribution is 0.0950. The summed E-state index contributed by atoms with van der Waals surface area (Å²) < 4.78 is 53.5. The molecule has 0 saturated carbocycles. The fourth-order valence-corrected chi connectivity index (χ4v) is 3.05. The van der Waals surface area contributed by atoms with Crippen molar-refractivity contribution in [2.24, 2.45) is 0 Å². The van der Waals surface area contributed by atoms with Crippen LogP contribution in [-0.4, -0.2) is 15.9 Å². The van der Waals surface area contributed by atoms with Crippen molar-refractivity contribution in [2.45, 2.75) is 6.54 Å². The van der Waals surface area contributed by atoms with Crippen LogP contribution in [-0.2, 0) is 6.54 Å². The van der Waals surface area contributed by atoms with Crippen LogP contribution in [0.15, 0.2) is 73.1 Å². The van der Waals surface area contributed by atoms with Gasteiger partial charge < -0.3 is 10.6 Å². The highest BCUT2D eigenvalue weighted by atomic mass is 19.2. The predicted molar refractivity (Wildman–Crippen MR) is 115 cm³/mol. The minimum Gasteiger partial charge on any atom is -0.348 e. The summed E-state index contributed by atoms with van der Waals surface area (Å²) >= 11 is 0. The van der Waals surface area contributed by atoms with E-state index in [1.54, 1.807) is 24.3 Å². The van der Waals surface area contributed by atoms with Gasteiger partial charge in [0, 0.05) is 47.4 Å². The van der Waals surface area contributed by atoms with Gasteiger partial charge in [0.05, 0.1) is 0 Å². The molecule has 1 aromatic heterocycles. The van der Waals surface area contributed by atoms with Gasteiger partial charge in [-0.05, 0) is 42.0 Å². The Bertz CT molecular complexity index is 1310. The molecule has 0 aliphatic heterocycles. The summed E-state index contributed by atoms with van der Waals surface area (Å²) in [6.45, 7) is -0.315. The van der Waals surface area contributed by atoms with Gasteiger partial charge in [-0.1, -0.05) is 18.2 Å². The van der Waals surface area contributed by atoms with E-state index in [-0.39, 0.29) is 29.4 Å². The minimum absolute atomic E-state index is 0.177. The number of anilines is 2. The maximum absolute atomic E-state index is 13.7. The molecule has 4 rings (SSSR count). The molecular weight excluding hydrogens is 436 g/mol. The quantitative estimate of drug-likeness (QED) is 0.305. The molecule has 33 heavy (non-hydrogen) atoms. The van der Waals surface area contributed by atoms with Crippen molar-refractivity contribution in [3.05, 3.63) is 107 Å². The zero-order chi connectivity index (χ0) is 23.4. The average Bonchev–Trinajstić information content (AvgIpc) is 2.81. The Morgan fingerprint density at radius 1 is 0.788 bits per heavy atom. The summed E-state index contributed by atoms with van der Waals surface area (Å²) in [6, 6.07) is 13.6. The summed E-state index contributed by atoms with van der Waals surface area (Å²) in [6.07, 6.45) is 3.08. The monoisotopic (exact) mass is 452 g/mol. The van der Waals surface area contributed by atoms with E-state index in [1.807, 2.05) is 0 Å². The second-order valence-corrected chi connectivity index (χ2v) is 7.05. The maximum atomic E-state index is 13.7. The molecule has 0 bridgehead atoms. The molecule has 0 saturated heterocycles. The second-order valence-electron chi connectivity index (χ2n) is 7.05. The summed E-state index contributed by atoms with van der Waals surface area (Å²) in [4.78, 5) is 20.8. The standard InChI is InChI=1S/C24H16F4N4O/c25-18-5-1-3-14(7-18)17-12-30-24(31-13-17)32-19-6-2-4-15(8-19)23(33)29-11-16-9-21(27)22(28)10-20(16)26/h1-10,12-13H,11H2,(H,29,33)(H,30,31,32). The number of nitrogens with one attached hydrogen (secondary N) is 2. The van der Waals surface area contributed by atoms with E-state index in [4.69, 9.17) is 0 Å². The number of hydrogen-bond donors (Lipinski definition) is 2. The summed E-state index contributed by atoms with van der Waals surface area (Å²) in [5, 5.41) is 5.42. The lowest BCUT2D eigenvalue weighted by Crippen LogP contribution is -2.23. The maximum Gasteiger partial charge on any atom is 0.251 e. The molecule has 3 aromatic carbocycles. The third kappa shape index (κ3) is 5.32. The zero-order valence-corrected chi connectivity index (χ0v) is 16.9. The third-order valence-corrected chi connectivity index (χ3v) is 4.72. The number of nitrogens with zero attached hydrogens (tertiary/aromatic N) is 2. The Morgan fingerprint density at radius 2 is 1.52 bits per heavy atom. The van der Waals surface area contributed by atoms with Crippen LogP contribution in [0.3, 0.4) is 0 Å². The van der Waals surface area contributed by atoms with Crippen molar-refractivity contribution in [3.8, 4) is 11.1 Å². The molecule has 1 amide bonds. The van der Waals surface area contributed by atoms with E-state index in [9.17, 15) is 22.4 Å². The normalized spacial score (nSPS) is 10.7. The van der Waals surface area contributed by atoms with Crippen LogP contribution >= 0.6 is 0 Å². The zero-order valence-electron chi connectivity index (χ0n) is 16.9. The highest BCUT2D eigenvalue weighted by Crippen LogP contribution is 2.21. The first kappa shape index (κ1) is 21.9. The van der Waals surface area contributed by atoms with Crippen LogP contribution < -0.4 is 10.6 Å². The third-order valence-electron chi connectivity index (χ3n) is 4.72. The van der Waals surface area contributed by atoms with E-state index in [1.165, 1.54) is 36.7 Å². The van der Waals surface area contributed by atoms with Crippen LogP contribution in [0.1, 0.15) is 15.9 Å². The predicted octanol–water partition coefficient (Wildman–Crippen LogP) is 5.37. The van der Waals surface area contributed by atoms with Crippen LogP contribution in [0, 0.1) is 23.3 Å². The molecule has 0 spiro atoms. The molecular formula is C24H16F4N4O. The van der Waals surface area contributed by atoms with E-state index in [2.05, 4.69) is 20.6 Å². The number of carbonyl (C=O) groups is 1. The first-order valence-corrected chi connectivity index (χ1v) is 9.76. The molecule has 5 nitrogen and oxygen atoms in total. The highest BCUT2D eigenvalue weighted by molar-refractivity contribution is 5.95. The fourth-order valence-electron chi connectivity index (χ4n) is 3.05. The van der Waals surface area contributed by atoms with E-state index in [0.29, 0.717) is 28.9 Å². The van der Waals surface area contributed by atoms with E-state index >= 15 is 0 Å². The number of amides is 1. The van der Waals surface area contributed by atoms with Crippen LogP contribution in [0.2, 0.25) is 0 Å². The first-order chi connectivity index (χ1) is 15.9. The highest BCUT2D eigenvalue weighted by Gasteiger charge is 2.12. The van der Waals surface area contributed by atoms with Gasteiger partial charge >= 0.3 is 0 Å². The minimum atomic E-state index is -1.30. The van der Waals surface area contributed by atoms with Crippen molar-refractivity contribution in [3.63, 3.8) is 0 Å². The van der Waals surface area contributed by atoms with Gasteiger partial charge in [-0.25, -0.2) is 27.5 Å². The Labute approximate surface area is 186 Å². The lowest BCUT2D eigenvalue weighted by Gasteiger charge is -2.09. The Morgan fingerprint density at radius 3 is 2.27 bits per heavy atom. The van der Waals surface area contributed by atoms with E-state index < -0.39 is 23.4 Å². The van der Waals surface area contributed by atoms with Crippen molar-refractivity contribution in [2.75, 3.05) is 5.32 Å². The van der Waals surface area contributed by atoms with Crippen LogP contribution in [0.4, 0.5) is 29.2 Å². The largest absolute Gasteiger partial charge is 0.348 e. The van der Waals surface area contributed by atoms with E-state index in [0.717, 1.165) is 0 Å².